The van der Waals surface area contributed by atoms with Gasteiger partial charge in [-0.2, -0.15) is 0 Å². The maximum Gasteiger partial charge on any atom is 0.126 e. The van der Waals surface area contributed by atoms with Crippen LogP contribution in [0.15, 0.2) is 0 Å². The van der Waals surface area contributed by atoms with E-state index >= 15 is 0 Å². The van der Waals surface area contributed by atoms with E-state index in [9.17, 15) is 0 Å². The van der Waals surface area contributed by atoms with Crippen LogP contribution in [0.1, 0.15) is 34.6 Å². The molecule has 0 aromatic carbocycles. The van der Waals surface area contributed by atoms with Crippen molar-refractivity contribution in [2.75, 3.05) is 13.6 Å². The highest BCUT2D eigenvalue weighted by Gasteiger charge is 2.25. The molecular weight excluding hydrogens is 133 g/mol. The van der Waals surface area contributed by atoms with Crippen LogP contribution >= 0.6 is 0 Å². The van der Waals surface area contributed by atoms with Crippen LogP contribution in [0.5, 0.6) is 0 Å². The SMILES string of the molecule is CNCC(C)(C)[B]C(C)(C)C. The van der Waals surface area contributed by atoms with E-state index in [1.54, 1.807) is 0 Å². The second-order valence-electron chi connectivity index (χ2n) is 5.03. The molecule has 0 fully saturated rings. The monoisotopic (exact) mass is 154 g/mol. The van der Waals surface area contributed by atoms with Crippen molar-refractivity contribution in [2.45, 2.75) is 45.2 Å². The average molecular weight is 154 g/mol. The summed E-state index contributed by atoms with van der Waals surface area (Å²) in [5.41, 5.74) is 0. The fraction of sp³-hybridized carbons (Fsp3) is 1.00. The lowest BCUT2D eigenvalue weighted by molar-refractivity contribution is 0.582. The van der Waals surface area contributed by atoms with Crippen molar-refractivity contribution < 1.29 is 0 Å². The van der Waals surface area contributed by atoms with E-state index < -0.39 is 0 Å². The molecule has 0 amide bonds. The van der Waals surface area contributed by atoms with Crippen LogP contribution in [0.2, 0.25) is 10.6 Å². The summed E-state index contributed by atoms with van der Waals surface area (Å²) in [6, 6.07) is 0. The van der Waals surface area contributed by atoms with Crippen LogP contribution in [0.25, 0.3) is 0 Å². The normalized spacial score (nSPS) is 13.3. The third-order valence-electron chi connectivity index (χ3n) is 1.46. The Kier molecular flexibility index (Phi) is 3.63. The minimum Gasteiger partial charge on any atom is -0.320 e. The smallest absolute Gasteiger partial charge is 0.126 e. The molecule has 0 saturated carbocycles. The first-order chi connectivity index (χ1) is 4.77. The minimum absolute atomic E-state index is 0.299. The molecule has 0 heterocycles. The largest absolute Gasteiger partial charge is 0.320 e. The number of hydrogen-bond donors (Lipinski definition) is 1. The van der Waals surface area contributed by atoms with Crippen LogP contribution < -0.4 is 5.32 Å². The topological polar surface area (TPSA) is 12.0 Å². The van der Waals surface area contributed by atoms with Crippen LogP contribution in [-0.4, -0.2) is 20.9 Å². The van der Waals surface area contributed by atoms with Crippen LogP contribution in [0.3, 0.4) is 0 Å². The molecule has 0 rings (SSSR count). The van der Waals surface area contributed by atoms with Crippen molar-refractivity contribution in [2.24, 2.45) is 0 Å². The van der Waals surface area contributed by atoms with Gasteiger partial charge in [0.1, 0.15) is 7.28 Å². The maximum absolute atomic E-state index is 3.20. The van der Waals surface area contributed by atoms with Crippen LogP contribution in [0, 0.1) is 0 Å². The van der Waals surface area contributed by atoms with Gasteiger partial charge in [-0.25, -0.2) is 0 Å². The molecule has 0 saturated heterocycles. The predicted molar refractivity (Wildman–Crippen MR) is 53.4 cm³/mol. The van der Waals surface area contributed by atoms with Crippen LogP contribution in [0.4, 0.5) is 0 Å². The van der Waals surface area contributed by atoms with E-state index in [2.05, 4.69) is 47.2 Å². The third-order valence-corrected chi connectivity index (χ3v) is 1.46. The quantitative estimate of drug-likeness (QED) is 0.615. The summed E-state index contributed by atoms with van der Waals surface area (Å²) in [5.74, 6) is 0. The highest BCUT2D eigenvalue weighted by Crippen LogP contribution is 2.33. The Morgan fingerprint density at radius 1 is 1.09 bits per heavy atom. The van der Waals surface area contributed by atoms with Gasteiger partial charge in [-0.05, 0) is 13.6 Å². The summed E-state index contributed by atoms with van der Waals surface area (Å²) in [6.45, 7) is 12.3. The van der Waals surface area contributed by atoms with E-state index in [1.165, 1.54) is 0 Å². The van der Waals surface area contributed by atoms with Gasteiger partial charge in [0.15, 0.2) is 0 Å². The predicted octanol–water partition coefficient (Wildman–Crippen LogP) is 2.33. The maximum atomic E-state index is 3.20. The number of rotatable bonds is 3. The zero-order valence-electron chi connectivity index (χ0n) is 8.78. The molecule has 0 aromatic heterocycles. The summed E-state index contributed by atoms with van der Waals surface area (Å²) in [5, 5.41) is 3.82. The van der Waals surface area contributed by atoms with Crippen molar-refractivity contribution in [3.63, 3.8) is 0 Å². The van der Waals surface area contributed by atoms with Crippen LogP contribution in [-0.2, 0) is 0 Å². The molecule has 1 radical (unpaired) electrons. The van der Waals surface area contributed by atoms with E-state index in [0.717, 1.165) is 6.54 Å². The first-order valence-corrected chi connectivity index (χ1v) is 4.28. The first-order valence-electron chi connectivity index (χ1n) is 4.28. The molecule has 65 valence electrons. The molecule has 0 atom stereocenters. The Morgan fingerprint density at radius 3 is 1.82 bits per heavy atom. The standard InChI is InChI=1S/C9H21BN/c1-8(2,3)10-9(4,5)7-11-6/h11H,7H2,1-6H3. The van der Waals surface area contributed by atoms with Gasteiger partial charge in [-0.3, -0.25) is 0 Å². The summed E-state index contributed by atoms with van der Waals surface area (Å²) in [6.07, 6.45) is 0. The zero-order valence-corrected chi connectivity index (χ0v) is 8.78. The van der Waals surface area contributed by atoms with Gasteiger partial charge < -0.3 is 5.32 Å². The zero-order chi connectivity index (χ0) is 9.12. The Labute approximate surface area is 72.2 Å². The van der Waals surface area contributed by atoms with Crippen molar-refractivity contribution in [3.05, 3.63) is 0 Å². The van der Waals surface area contributed by atoms with Gasteiger partial charge in [-0.15, -0.1) is 0 Å². The molecular formula is C9H21BN. The van der Waals surface area contributed by atoms with Crippen molar-refractivity contribution >= 4 is 7.28 Å². The molecule has 0 aliphatic rings. The van der Waals surface area contributed by atoms with Crippen molar-refractivity contribution in [3.8, 4) is 0 Å². The lowest BCUT2D eigenvalue weighted by Crippen LogP contribution is -2.30. The van der Waals surface area contributed by atoms with Gasteiger partial charge >= 0.3 is 0 Å². The van der Waals surface area contributed by atoms with Gasteiger partial charge in [0, 0.05) is 0 Å². The Bertz CT molecular complexity index is 113. The highest BCUT2D eigenvalue weighted by atomic mass is 14.8. The highest BCUT2D eigenvalue weighted by molar-refractivity contribution is 6.43. The molecule has 0 bridgehead atoms. The Morgan fingerprint density at radius 2 is 1.55 bits per heavy atom. The van der Waals surface area contributed by atoms with E-state index in [-0.39, 0.29) is 0 Å². The number of nitrogens with one attached hydrogen (secondary N) is 1. The fourth-order valence-electron chi connectivity index (χ4n) is 1.68. The minimum atomic E-state index is 0.299. The van der Waals surface area contributed by atoms with Gasteiger partial charge in [0.2, 0.25) is 0 Å². The Hall–Kier alpha value is 0.0249. The first kappa shape index (κ1) is 11.0. The molecule has 11 heavy (non-hydrogen) atoms. The lowest BCUT2D eigenvalue weighted by atomic mass is 9.41. The summed E-state index contributed by atoms with van der Waals surface area (Å²) in [4.78, 5) is 0. The Balaban J connectivity index is 3.91. The second kappa shape index (κ2) is 3.62. The number of hydrogen-bond acceptors (Lipinski definition) is 1. The molecule has 1 nitrogen and oxygen atoms in total. The van der Waals surface area contributed by atoms with Crippen molar-refractivity contribution in [1.29, 1.82) is 0 Å². The molecule has 1 N–H and O–H groups in total. The third kappa shape index (κ3) is 6.42. The molecule has 0 unspecified atom stereocenters. The fourth-order valence-corrected chi connectivity index (χ4v) is 1.68. The molecule has 0 aliphatic heterocycles. The molecule has 0 aliphatic carbocycles. The average Bonchev–Trinajstić information content (AvgIpc) is 1.55. The summed E-state index contributed by atoms with van der Waals surface area (Å²) >= 11 is 0. The lowest BCUT2D eigenvalue weighted by Gasteiger charge is -2.30. The van der Waals surface area contributed by atoms with E-state index in [1.807, 2.05) is 7.05 Å². The van der Waals surface area contributed by atoms with Gasteiger partial charge in [-0.1, -0.05) is 45.2 Å². The van der Waals surface area contributed by atoms with Gasteiger partial charge in [0.05, 0.1) is 0 Å². The van der Waals surface area contributed by atoms with E-state index in [4.69, 9.17) is 0 Å². The molecule has 2 heteroatoms. The van der Waals surface area contributed by atoms with Gasteiger partial charge in [0.25, 0.3) is 0 Å². The summed E-state index contributed by atoms with van der Waals surface area (Å²) < 4.78 is 0. The second-order valence-corrected chi connectivity index (χ2v) is 5.03. The van der Waals surface area contributed by atoms with E-state index in [0.29, 0.717) is 10.6 Å². The summed E-state index contributed by atoms with van der Waals surface area (Å²) in [7, 11) is 4.40. The molecule has 0 aromatic rings. The molecule has 0 spiro atoms. The van der Waals surface area contributed by atoms with Crippen molar-refractivity contribution in [1.82, 2.24) is 5.32 Å².